The SMILES string of the molecule is CN(C)c1noc(CN2CCC[C@H](c3ncc(C(F)(F)F)[nH]3)C2)n1. The third-order valence-electron chi connectivity index (χ3n) is 4.01. The van der Waals surface area contributed by atoms with Gasteiger partial charge in [0, 0.05) is 26.6 Å². The van der Waals surface area contributed by atoms with Crippen molar-refractivity contribution in [1.82, 2.24) is 25.0 Å². The van der Waals surface area contributed by atoms with E-state index in [9.17, 15) is 13.2 Å². The Balaban J connectivity index is 1.64. The fraction of sp³-hybridized carbons (Fsp3) is 0.643. The quantitative estimate of drug-likeness (QED) is 0.917. The van der Waals surface area contributed by atoms with E-state index < -0.39 is 11.9 Å². The molecule has 2 aromatic heterocycles. The van der Waals surface area contributed by atoms with E-state index in [2.05, 4.69) is 25.0 Å². The van der Waals surface area contributed by atoms with E-state index in [-0.39, 0.29) is 5.92 Å². The maximum absolute atomic E-state index is 12.7. The largest absolute Gasteiger partial charge is 0.432 e. The maximum atomic E-state index is 12.7. The second kappa shape index (κ2) is 6.42. The Kier molecular flexibility index (Phi) is 4.48. The molecular weight excluding hydrogens is 325 g/mol. The van der Waals surface area contributed by atoms with E-state index in [1.165, 1.54) is 0 Å². The minimum Gasteiger partial charge on any atom is -0.344 e. The van der Waals surface area contributed by atoms with E-state index in [1.807, 2.05) is 14.1 Å². The third kappa shape index (κ3) is 3.69. The first-order valence-electron chi connectivity index (χ1n) is 7.67. The zero-order chi connectivity index (χ0) is 17.3. The highest BCUT2D eigenvalue weighted by molar-refractivity contribution is 5.23. The Bertz CT molecular complexity index is 680. The lowest BCUT2D eigenvalue weighted by Crippen LogP contribution is -2.34. The summed E-state index contributed by atoms with van der Waals surface area (Å²) >= 11 is 0. The summed E-state index contributed by atoms with van der Waals surface area (Å²) in [5.41, 5.74) is -0.804. The van der Waals surface area contributed by atoms with Gasteiger partial charge in [0.25, 0.3) is 5.95 Å². The number of aromatic nitrogens is 4. The van der Waals surface area contributed by atoms with Crippen molar-refractivity contribution >= 4 is 5.95 Å². The first-order chi connectivity index (χ1) is 11.3. The Hall–Kier alpha value is -2.10. The molecule has 1 aliphatic rings. The van der Waals surface area contributed by atoms with Crippen LogP contribution >= 0.6 is 0 Å². The molecule has 24 heavy (non-hydrogen) atoms. The summed E-state index contributed by atoms with van der Waals surface area (Å²) < 4.78 is 43.3. The van der Waals surface area contributed by atoms with Crippen molar-refractivity contribution in [2.45, 2.75) is 31.5 Å². The van der Waals surface area contributed by atoms with Crippen LogP contribution in [-0.2, 0) is 12.7 Å². The molecular formula is C14H19F3N6O. The molecule has 0 saturated carbocycles. The fourth-order valence-electron chi connectivity index (χ4n) is 2.79. The molecule has 1 N–H and O–H groups in total. The molecule has 0 spiro atoms. The van der Waals surface area contributed by atoms with Gasteiger partial charge in [-0.25, -0.2) is 4.98 Å². The second-order valence-corrected chi connectivity index (χ2v) is 6.14. The Morgan fingerprint density at radius 2 is 2.21 bits per heavy atom. The van der Waals surface area contributed by atoms with Crippen molar-refractivity contribution in [1.29, 1.82) is 0 Å². The van der Waals surface area contributed by atoms with Crippen LogP contribution < -0.4 is 4.90 Å². The molecule has 2 aromatic rings. The van der Waals surface area contributed by atoms with Crippen LogP contribution in [0.5, 0.6) is 0 Å². The molecule has 1 fully saturated rings. The van der Waals surface area contributed by atoms with Crippen molar-refractivity contribution in [3.63, 3.8) is 0 Å². The zero-order valence-corrected chi connectivity index (χ0v) is 13.5. The molecule has 1 atom stereocenters. The lowest BCUT2D eigenvalue weighted by molar-refractivity contribution is -0.141. The van der Waals surface area contributed by atoms with Gasteiger partial charge in [0.2, 0.25) is 5.89 Å². The molecule has 3 rings (SSSR count). The number of likely N-dealkylation sites (tertiary alicyclic amines) is 1. The average molecular weight is 344 g/mol. The summed E-state index contributed by atoms with van der Waals surface area (Å²) in [5.74, 6) is 1.31. The maximum Gasteiger partial charge on any atom is 0.432 e. The molecule has 0 aliphatic carbocycles. The number of H-pyrrole nitrogens is 1. The van der Waals surface area contributed by atoms with E-state index in [0.29, 0.717) is 30.8 Å². The van der Waals surface area contributed by atoms with Gasteiger partial charge in [0.1, 0.15) is 11.5 Å². The summed E-state index contributed by atoms with van der Waals surface area (Å²) in [7, 11) is 3.64. The molecule has 7 nitrogen and oxygen atoms in total. The van der Waals surface area contributed by atoms with Crippen LogP contribution in [0, 0.1) is 0 Å². The molecule has 0 unspecified atom stereocenters. The van der Waals surface area contributed by atoms with Crippen molar-refractivity contribution in [2.75, 3.05) is 32.1 Å². The predicted molar refractivity (Wildman–Crippen MR) is 79.5 cm³/mol. The van der Waals surface area contributed by atoms with Crippen LogP contribution in [0.2, 0.25) is 0 Å². The third-order valence-corrected chi connectivity index (χ3v) is 4.01. The lowest BCUT2D eigenvalue weighted by Gasteiger charge is -2.30. The van der Waals surface area contributed by atoms with Gasteiger partial charge in [-0.2, -0.15) is 18.2 Å². The highest BCUT2D eigenvalue weighted by Gasteiger charge is 2.34. The van der Waals surface area contributed by atoms with Crippen molar-refractivity contribution in [2.24, 2.45) is 0 Å². The molecule has 3 heterocycles. The van der Waals surface area contributed by atoms with E-state index in [1.54, 1.807) is 4.90 Å². The predicted octanol–water partition coefficient (Wildman–Crippen LogP) is 2.26. The first-order valence-corrected chi connectivity index (χ1v) is 7.67. The van der Waals surface area contributed by atoms with Crippen molar-refractivity contribution in [3.8, 4) is 0 Å². The van der Waals surface area contributed by atoms with Gasteiger partial charge in [0.05, 0.1) is 12.7 Å². The molecule has 1 aliphatic heterocycles. The molecule has 0 amide bonds. The highest BCUT2D eigenvalue weighted by atomic mass is 19.4. The number of nitrogens with one attached hydrogen (secondary N) is 1. The summed E-state index contributed by atoms with van der Waals surface area (Å²) in [5, 5.41) is 3.86. The number of alkyl halides is 3. The standard InChI is InChI=1S/C14H19F3N6O/c1-22(2)13-20-11(24-21-13)8-23-5-3-4-9(7-23)12-18-6-10(19-12)14(15,16)17/h6,9H,3-5,7-8H2,1-2H3,(H,18,19)/t9-/m0/s1. The normalized spacial score (nSPS) is 19.6. The minimum atomic E-state index is -4.40. The van der Waals surface area contributed by atoms with Crippen LogP contribution in [0.1, 0.15) is 36.2 Å². The average Bonchev–Trinajstić information content (AvgIpc) is 3.16. The zero-order valence-electron chi connectivity index (χ0n) is 13.5. The van der Waals surface area contributed by atoms with E-state index in [4.69, 9.17) is 4.52 Å². The van der Waals surface area contributed by atoms with Crippen LogP contribution in [0.15, 0.2) is 10.7 Å². The van der Waals surface area contributed by atoms with Crippen LogP contribution in [0.25, 0.3) is 0 Å². The topological polar surface area (TPSA) is 74.1 Å². The molecule has 10 heteroatoms. The number of rotatable bonds is 4. The Morgan fingerprint density at radius 1 is 1.42 bits per heavy atom. The van der Waals surface area contributed by atoms with Crippen LogP contribution in [0.3, 0.4) is 0 Å². The fourth-order valence-corrected chi connectivity index (χ4v) is 2.79. The van der Waals surface area contributed by atoms with Gasteiger partial charge in [-0.05, 0) is 24.5 Å². The van der Waals surface area contributed by atoms with E-state index >= 15 is 0 Å². The monoisotopic (exact) mass is 344 g/mol. The van der Waals surface area contributed by atoms with Gasteiger partial charge in [-0.15, -0.1) is 0 Å². The second-order valence-electron chi connectivity index (χ2n) is 6.14. The molecule has 0 radical (unpaired) electrons. The number of halogens is 3. The number of imidazole rings is 1. The summed E-state index contributed by atoms with van der Waals surface area (Å²) in [6, 6.07) is 0. The molecule has 132 valence electrons. The summed E-state index contributed by atoms with van der Waals surface area (Å²) in [6.07, 6.45) is -1.86. The van der Waals surface area contributed by atoms with Crippen LogP contribution in [-0.4, -0.2) is 52.2 Å². The van der Waals surface area contributed by atoms with Gasteiger partial charge < -0.3 is 14.4 Å². The minimum absolute atomic E-state index is 0.0638. The molecule has 1 saturated heterocycles. The summed E-state index contributed by atoms with van der Waals surface area (Å²) in [6.45, 7) is 1.91. The number of hydrogen-bond acceptors (Lipinski definition) is 6. The smallest absolute Gasteiger partial charge is 0.344 e. The number of nitrogens with zero attached hydrogens (tertiary/aromatic N) is 5. The Morgan fingerprint density at radius 3 is 2.83 bits per heavy atom. The number of piperidine rings is 1. The number of anilines is 1. The summed E-state index contributed by atoms with van der Waals surface area (Å²) in [4.78, 5) is 14.4. The van der Waals surface area contributed by atoms with Gasteiger partial charge in [0.15, 0.2) is 0 Å². The lowest BCUT2D eigenvalue weighted by atomic mass is 9.97. The van der Waals surface area contributed by atoms with Gasteiger partial charge >= 0.3 is 6.18 Å². The highest BCUT2D eigenvalue weighted by Crippen LogP contribution is 2.31. The Labute approximate surface area is 136 Å². The molecule has 0 aromatic carbocycles. The van der Waals surface area contributed by atoms with Crippen molar-refractivity contribution in [3.05, 3.63) is 23.6 Å². The number of aromatic amines is 1. The van der Waals surface area contributed by atoms with E-state index in [0.717, 1.165) is 25.6 Å². The van der Waals surface area contributed by atoms with Gasteiger partial charge in [-0.1, -0.05) is 0 Å². The molecule has 0 bridgehead atoms. The van der Waals surface area contributed by atoms with Crippen LogP contribution in [0.4, 0.5) is 19.1 Å². The van der Waals surface area contributed by atoms with Crippen molar-refractivity contribution < 1.29 is 17.7 Å². The number of hydrogen-bond donors (Lipinski definition) is 1. The van der Waals surface area contributed by atoms with Gasteiger partial charge in [-0.3, -0.25) is 4.90 Å². The first kappa shape index (κ1) is 16.7.